The van der Waals surface area contributed by atoms with Gasteiger partial charge in [-0.1, -0.05) is 6.92 Å². The Morgan fingerprint density at radius 2 is 1.93 bits per heavy atom. The predicted molar refractivity (Wildman–Crippen MR) is 56.2 cm³/mol. The molecule has 0 aliphatic carbocycles. The van der Waals surface area contributed by atoms with Gasteiger partial charge in [0.05, 0.1) is 6.04 Å². The maximum atomic E-state index is 10.8. The van der Waals surface area contributed by atoms with Crippen LogP contribution in [0.5, 0.6) is 0 Å². The van der Waals surface area contributed by atoms with Gasteiger partial charge in [0.1, 0.15) is 0 Å². The third-order valence-corrected chi connectivity index (χ3v) is 2.53. The lowest BCUT2D eigenvalue weighted by Gasteiger charge is -2.08. The molecule has 1 aliphatic rings. The van der Waals surface area contributed by atoms with Crippen molar-refractivity contribution >= 4 is 29.5 Å². The fourth-order valence-corrected chi connectivity index (χ4v) is 1.74. The molecule has 0 radical (unpaired) electrons. The summed E-state index contributed by atoms with van der Waals surface area (Å²) >= 11 is 1.69. The van der Waals surface area contributed by atoms with Crippen LogP contribution in [-0.2, 0) is 9.59 Å². The summed E-state index contributed by atoms with van der Waals surface area (Å²) in [4.78, 5) is 25.8. The molecular weight excluding hydrogens is 202 g/mol. The van der Waals surface area contributed by atoms with Gasteiger partial charge < -0.3 is 0 Å². The number of carbonyl (C=O) groups is 2. The lowest BCUT2D eigenvalue weighted by atomic mass is 10.3. The topological polar surface area (TPSA) is 70.6 Å². The molecule has 1 aliphatic heterocycles. The van der Waals surface area contributed by atoms with Crippen molar-refractivity contribution < 1.29 is 9.59 Å². The molecule has 0 aromatic heterocycles. The van der Waals surface area contributed by atoms with Gasteiger partial charge in [0.25, 0.3) is 0 Å². The fraction of sp³-hybridized carbons (Fsp3) is 0.625. The number of nitrogens with one attached hydrogen (secondary N) is 2. The molecule has 1 fully saturated rings. The van der Waals surface area contributed by atoms with E-state index in [0.717, 1.165) is 12.2 Å². The first-order chi connectivity index (χ1) is 6.67. The highest BCUT2D eigenvalue weighted by Gasteiger charge is 2.25. The van der Waals surface area contributed by atoms with E-state index in [0.29, 0.717) is 0 Å². The summed E-state index contributed by atoms with van der Waals surface area (Å²) in [6.45, 7) is 2.02. The van der Waals surface area contributed by atoms with Crippen LogP contribution in [0.4, 0.5) is 0 Å². The van der Waals surface area contributed by atoms with Gasteiger partial charge in [-0.3, -0.25) is 20.2 Å². The molecule has 5 nitrogen and oxygen atoms in total. The molecule has 14 heavy (non-hydrogen) atoms. The second kappa shape index (κ2) is 4.99. The first kappa shape index (κ1) is 11.0. The molecule has 2 amide bonds. The zero-order chi connectivity index (χ0) is 10.6. The van der Waals surface area contributed by atoms with Gasteiger partial charge in [0.2, 0.25) is 5.96 Å². The van der Waals surface area contributed by atoms with Gasteiger partial charge in [-0.05, 0) is 12.7 Å². The average Bonchev–Trinajstić information content (AvgIpc) is 2.45. The Hall–Kier alpha value is -1.04. The van der Waals surface area contributed by atoms with E-state index in [1.807, 2.05) is 13.2 Å². The predicted octanol–water partition coefficient (Wildman–Crippen LogP) is -0.270. The highest BCUT2D eigenvalue weighted by Crippen LogP contribution is 2.05. The van der Waals surface area contributed by atoms with Crippen molar-refractivity contribution in [2.24, 2.45) is 4.99 Å². The van der Waals surface area contributed by atoms with Crippen LogP contribution in [-0.4, -0.2) is 35.8 Å². The summed E-state index contributed by atoms with van der Waals surface area (Å²) in [6, 6.07) is 0.138. The van der Waals surface area contributed by atoms with Gasteiger partial charge in [0.15, 0.2) is 0 Å². The number of thioether (sulfide) groups is 1. The first-order valence-corrected chi connectivity index (χ1v) is 5.75. The van der Waals surface area contributed by atoms with Crippen LogP contribution >= 0.6 is 11.8 Å². The largest absolute Gasteiger partial charge is 0.316 e. The van der Waals surface area contributed by atoms with Gasteiger partial charge in [0, 0.05) is 5.75 Å². The summed E-state index contributed by atoms with van der Waals surface area (Å²) in [5.41, 5.74) is 0. The van der Waals surface area contributed by atoms with Gasteiger partial charge in [-0.25, -0.2) is 4.99 Å². The number of nitrogens with zero attached hydrogens (tertiary/aromatic N) is 1. The van der Waals surface area contributed by atoms with Crippen LogP contribution in [0.3, 0.4) is 0 Å². The highest BCUT2D eigenvalue weighted by molar-refractivity contribution is 7.98. The monoisotopic (exact) mass is 215 g/mol. The van der Waals surface area contributed by atoms with Crippen LogP contribution in [0.1, 0.15) is 13.3 Å². The van der Waals surface area contributed by atoms with Gasteiger partial charge in [-0.15, -0.1) is 0 Å². The summed E-state index contributed by atoms with van der Waals surface area (Å²) in [6.07, 6.45) is 2.88. The number of amides is 2. The molecule has 1 unspecified atom stereocenters. The molecule has 6 heteroatoms. The van der Waals surface area contributed by atoms with E-state index in [9.17, 15) is 9.59 Å². The molecule has 78 valence electrons. The molecule has 0 bridgehead atoms. The Balaban J connectivity index is 2.59. The van der Waals surface area contributed by atoms with E-state index >= 15 is 0 Å². The van der Waals surface area contributed by atoms with Crippen LogP contribution < -0.4 is 10.6 Å². The Morgan fingerprint density at radius 3 is 2.36 bits per heavy atom. The van der Waals surface area contributed by atoms with Crippen molar-refractivity contribution in [2.75, 3.05) is 12.0 Å². The van der Waals surface area contributed by atoms with E-state index in [2.05, 4.69) is 15.6 Å². The smallest absolute Gasteiger partial charge is 0.288 e. The van der Waals surface area contributed by atoms with Crippen molar-refractivity contribution in [1.29, 1.82) is 0 Å². The summed E-state index contributed by atoms with van der Waals surface area (Å²) < 4.78 is 0. The Labute approximate surface area is 86.7 Å². The molecule has 1 rings (SSSR count). The molecule has 2 N–H and O–H groups in total. The van der Waals surface area contributed by atoms with Crippen molar-refractivity contribution in [2.45, 2.75) is 19.4 Å². The normalized spacial score (nSPS) is 17.7. The van der Waals surface area contributed by atoms with E-state index in [1.165, 1.54) is 0 Å². The number of hydrogen-bond donors (Lipinski definition) is 2. The van der Waals surface area contributed by atoms with Gasteiger partial charge in [-0.2, -0.15) is 11.8 Å². The van der Waals surface area contributed by atoms with Crippen LogP contribution in [0.15, 0.2) is 4.99 Å². The summed E-state index contributed by atoms with van der Waals surface area (Å²) in [5.74, 6) is -0.113. The Kier molecular flexibility index (Phi) is 3.94. The fourth-order valence-electron chi connectivity index (χ4n) is 1.05. The number of guanidine groups is 1. The van der Waals surface area contributed by atoms with Crippen LogP contribution in [0.25, 0.3) is 0 Å². The zero-order valence-corrected chi connectivity index (χ0v) is 8.98. The van der Waals surface area contributed by atoms with E-state index in [4.69, 9.17) is 0 Å². The van der Waals surface area contributed by atoms with E-state index in [1.54, 1.807) is 11.8 Å². The van der Waals surface area contributed by atoms with Crippen LogP contribution in [0.2, 0.25) is 0 Å². The summed E-state index contributed by atoms with van der Waals surface area (Å²) in [7, 11) is 0. The average molecular weight is 215 g/mol. The zero-order valence-electron chi connectivity index (χ0n) is 8.16. The number of rotatable bonds is 4. The van der Waals surface area contributed by atoms with Crippen molar-refractivity contribution in [3.63, 3.8) is 0 Å². The number of hydrogen-bond acceptors (Lipinski definition) is 4. The number of aliphatic imine (C=N–C) groups is 1. The lowest BCUT2D eigenvalue weighted by Crippen LogP contribution is -2.28. The molecule has 1 atom stereocenters. The summed E-state index contributed by atoms with van der Waals surface area (Å²) in [5, 5.41) is 4.74. The molecule has 1 saturated heterocycles. The molecular formula is C8H13N3O2S. The minimum Gasteiger partial charge on any atom is -0.288 e. The second-order valence-electron chi connectivity index (χ2n) is 2.90. The van der Waals surface area contributed by atoms with Gasteiger partial charge >= 0.3 is 11.8 Å². The molecule has 0 aromatic rings. The van der Waals surface area contributed by atoms with Crippen molar-refractivity contribution in [1.82, 2.24) is 10.6 Å². The van der Waals surface area contributed by atoms with Crippen molar-refractivity contribution in [3.8, 4) is 0 Å². The Morgan fingerprint density at radius 1 is 1.36 bits per heavy atom. The quantitative estimate of drug-likeness (QED) is 0.634. The first-order valence-electron chi connectivity index (χ1n) is 4.36. The SMILES string of the molecule is CCC(CSC)N=C1NC(=O)C(=O)N1. The maximum absolute atomic E-state index is 10.8. The van der Waals surface area contributed by atoms with E-state index in [-0.39, 0.29) is 12.0 Å². The minimum absolute atomic E-state index is 0.138. The van der Waals surface area contributed by atoms with Crippen molar-refractivity contribution in [3.05, 3.63) is 0 Å². The third-order valence-electron chi connectivity index (χ3n) is 1.81. The third kappa shape index (κ3) is 2.73. The molecule has 1 heterocycles. The molecule has 0 aromatic carbocycles. The minimum atomic E-state index is -0.636. The lowest BCUT2D eigenvalue weighted by molar-refractivity contribution is -0.135. The van der Waals surface area contributed by atoms with Crippen LogP contribution in [0, 0.1) is 0 Å². The molecule has 0 saturated carbocycles. The van der Waals surface area contributed by atoms with E-state index < -0.39 is 11.8 Å². The standard InChI is InChI=1S/C8H13N3O2S/c1-3-5(4-14-2)9-8-10-6(12)7(13)11-8/h5H,3-4H2,1-2H3,(H2,9,10,11,12,13). The maximum Gasteiger partial charge on any atom is 0.316 e. The highest BCUT2D eigenvalue weighted by atomic mass is 32.2. The second-order valence-corrected chi connectivity index (χ2v) is 3.81. The molecule has 0 spiro atoms. The number of carbonyl (C=O) groups excluding carboxylic acids is 2. The Bertz CT molecular complexity index is 260.